The van der Waals surface area contributed by atoms with Crippen LogP contribution in [0.15, 0.2) is 48.7 Å². The molecule has 0 aliphatic heterocycles. The molecule has 1 amide bonds. The predicted molar refractivity (Wildman–Crippen MR) is 72.9 cm³/mol. The van der Waals surface area contributed by atoms with Crippen LogP contribution in [0.2, 0.25) is 0 Å². The molecule has 1 N–H and O–H groups in total. The van der Waals surface area contributed by atoms with E-state index in [1.807, 2.05) is 49.4 Å². The second kappa shape index (κ2) is 6.54. The van der Waals surface area contributed by atoms with Gasteiger partial charge in [-0.3, -0.25) is 4.79 Å². The molecule has 2 aromatic rings. The minimum absolute atomic E-state index is 0.0299. The van der Waals surface area contributed by atoms with E-state index in [1.54, 1.807) is 6.20 Å². The van der Waals surface area contributed by atoms with Crippen LogP contribution in [0.25, 0.3) is 0 Å². The summed E-state index contributed by atoms with van der Waals surface area (Å²) >= 11 is 0. The zero-order chi connectivity index (χ0) is 13.5. The van der Waals surface area contributed by atoms with E-state index in [-0.39, 0.29) is 5.91 Å². The molecule has 0 spiro atoms. The third-order valence-corrected chi connectivity index (χ3v) is 2.58. The average molecular weight is 256 g/mol. The van der Waals surface area contributed by atoms with Gasteiger partial charge in [0.05, 0.1) is 0 Å². The standard InChI is InChI=1S/C15H16N2O2/c1-2-14(18)17-11-12-8-9-16-15(10-12)19-13-6-4-3-5-7-13/h3-10H,2,11H2,1H3,(H,17,18). The topological polar surface area (TPSA) is 51.2 Å². The van der Waals surface area contributed by atoms with Gasteiger partial charge in [0.2, 0.25) is 11.8 Å². The smallest absolute Gasteiger partial charge is 0.219 e. The Labute approximate surface area is 112 Å². The third-order valence-electron chi connectivity index (χ3n) is 2.58. The van der Waals surface area contributed by atoms with E-state index in [2.05, 4.69) is 10.3 Å². The molecule has 4 heteroatoms. The van der Waals surface area contributed by atoms with Crippen LogP contribution in [0, 0.1) is 0 Å². The lowest BCUT2D eigenvalue weighted by Gasteiger charge is -2.07. The molecular weight excluding hydrogens is 240 g/mol. The Hall–Kier alpha value is -2.36. The first kappa shape index (κ1) is 13.1. The number of amides is 1. The number of hydrogen-bond acceptors (Lipinski definition) is 3. The molecule has 1 aromatic carbocycles. The summed E-state index contributed by atoms with van der Waals surface area (Å²) in [7, 11) is 0. The molecule has 1 aromatic heterocycles. The van der Waals surface area contributed by atoms with Gasteiger partial charge < -0.3 is 10.1 Å². The van der Waals surface area contributed by atoms with Gasteiger partial charge in [-0.25, -0.2) is 4.98 Å². The quantitative estimate of drug-likeness (QED) is 0.894. The molecule has 0 saturated carbocycles. The van der Waals surface area contributed by atoms with Crippen molar-refractivity contribution in [2.75, 3.05) is 0 Å². The van der Waals surface area contributed by atoms with Gasteiger partial charge in [-0.1, -0.05) is 25.1 Å². The van der Waals surface area contributed by atoms with Crippen LogP contribution in [0.1, 0.15) is 18.9 Å². The molecule has 0 saturated heterocycles. The second-order valence-corrected chi connectivity index (χ2v) is 4.05. The summed E-state index contributed by atoms with van der Waals surface area (Å²) in [6.07, 6.45) is 2.16. The third kappa shape index (κ3) is 4.10. The molecule has 0 aliphatic rings. The van der Waals surface area contributed by atoms with E-state index in [9.17, 15) is 4.79 Å². The number of pyridine rings is 1. The molecule has 0 atom stereocenters. The van der Waals surface area contributed by atoms with Gasteiger partial charge in [-0.15, -0.1) is 0 Å². The number of nitrogens with one attached hydrogen (secondary N) is 1. The molecule has 0 radical (unpaired) electrons. The Morgan fingerprint density at radius 3 is 2.79 bits per heavy atom. The first-order valence-corrected chi connectivity index (χ1v) is 6.22. The number of benzene rings is 1. The van der Waals surface area contributed by atoms with Crippen LogP contribution in [0.3, 0.4) is 0 Å². The van der Waals surface area contributed by atoms with Crippen molar-refractivity contribution in [3.05, 3.63) is 54.2 Å². The van der Waals surface area contributed by atoms with Crippen molar-refractivity contribution in [2.45, 2.75) is 19.9 Å². The lowest BCUT2D eigenvalue weighted by atomic mass is 10.2. The lowest BCUT2D eigenvalue weighted by molar-refractivity contribution is -0.120. The summed E-state index contributed by atoms with van der Waals surface area (Å²) < 4.78 is 5.63. The fraction of sp³-hybridized carbons (Fsp3) is 0.200. The molecule has 98 valence electrons. The fourth-order valence-electron chi connectivity index (χ4n) is 1.55. The van der Waals surface area contributed by atoms with E-state index in [4.69, 9.17) is 4.74 Å². The van der Waals surface area contributed by atoms with Gasteiger partial charge in [-0.05, 0) is 23.8 Å². The minimum Gasteiger partial charge on any atom is -0.439 e. The highest BCUT2D eigenvalue weighted by Crippen LogP contribution is 2.19. The van der Waals surface area contributed by atoms with Crippen molar-refractivity contribution in [3.63, 3.8) is 0 Å². The predicted octanol–water partition coefficient (Wildman–Crippen LogP) is 2.90. The zero-order valence-electron chi connectivity index (χ0n) is 10.8. The maximum Gasteiger partial charge on any atom is 0.219 e. The molecule has 1 heterocycles. The van der Waals surface area contributed by atoms with Crippen LogP contribution in [-0.2, 0) is 11.3 Å². The Morgan fingerprint density at radius 2 is 2.05 bits per heavy atom. The molecule has 0 fully saturated rings. The number of carbonyl (C=O) groups is 1. The summed E-state index contributed by atoms with van der Waals surface area (Å²) in [6, 6.07) is 13.1. The molecule has 4 nitrogen and oxygen atoms in total. The number of carbonyl (C=O) groups excluding carboxylic acids is 1. The monoisotopic (exact) mass is 256 g/mol. The Bertz CT molecular complexity index is 541. The van der Waals surface area contributed by atoms with E-state index in [1.165, 1.54) is 0 Å². The van der Waals surface area contributed by atoms with Gasteiger partial charge in [0.1, 0.15) is 5.75 Å². The van der Waals surface area contributed by atoms with E-state index in [0.717, 1.165) is 11.3 Å². The highest BCUT2D eigenvalue weighted by Gasteiger charge is 2.02. The number of aromatic nitrogens is 1. The van der Waals surface area contributed by atoms with Crippen molar-refractivity contribution >= 4 is 5.91 Å². The average Bonchev–Trinajstić information content (AvgIpc) is 2.46. The summed E-state index contributed by atoms with van der Waals surface area (Å²) in [5.74, 6) is 1.29. The molecule has 2 rings (SSSR count). The molecule has 0 unspecified atom stereocenters. The van der Waals surface area contributed by atoms with Crippen molar-refractivity contribution in [1.82, 2.24) is 10.3 Å². The maximum absolute atomic E-state index is 11.2. The second-order valence-electron chi connectivity index (χ2n) is 4.05. The van der Waals surface area contributed by atoms with Crippen molar-refractivity contribution in [1.29, 1.82) is 0 Å². The zero-order valence-corrected chi connectivity index (χ0v) is 10.8. The summed E-state index contributed by atoms with van der Waals surface area (Å²) in [6.45, 7) is 2.31. The van der Waals surface area contributed by atoms with Gasteiger partial charge in [0.25, 0.3) is 0 Å². The van der Waals surface area contributed by atoms with Gasteiger partial charge in [0, 0.05) is 25.2 Å². The first-order valence-electron chi connectivity index (χ1n) is 6.22. The van der Waals surface area contributed by atoms with E-state index < -0.39 is 0 Å². The number of nitrogens with zero attached hydrogens (tertiary/aromatic N) is 1. The Morgan fingerprint density at radius 1 is 1.26 bits per heavy atom. The van der Waals surface area contributed by atoms with E-state index >= 15 is 0 Å². The minimum atomic E-state index is 0.0299. The summed E-state index contributed by atoms with van der Waals surface area (Å²) in [5.41, 5.74) is 0.961. The Balaban J connectivity index is 2.01. The fourth-order valence-corrected chi connectivity index (χ4v) is 1.55. The van der Waals surface area contributed by atoms with Gasteiger partial charge >= 0.3 is 0 Å². The highest BCUT2D eigenvalue weighted by molar-refractivity contribution is 5.75. The van der Waals surface area contributed by atoms with Crippen LogP contribution >= 0.6 is 0 Å². The van der Waals surface area contributed by atoms with Gasteiger partial charge in [0.15, 0.2) is 0 Å². The van der Waals surface area contributed by atoms with Crippen molar-refractivity contribution < 1.29 is 9.53 Å². The highest BCUT2D eigenvalue weighted by atomic mass is 16.5. The number of ether oxygens (including phenoxy) is 1. The molecule has 19 heavy (non-hydrogen) atoms. The summed E-state index contributed by atoms with van der Waals surface area (Å²) in [5, 5.41) is 2.82. The first-order chi connectivity index (χ1) is 9.28. The molecule has 0 aliphatic carbocycles. The molecule has 0 bridgehead atoms. The number of para-hydroxylation sites is 1. The van der Waals surface area contributed by atoms with Crippen molar-refractivity contribution in [2.24, 2.45) is 0 Å². The number of rotatable bonds is 5. The maximum atomic E-state index is 11.2. The normalized spacial score (nSPS) is 9.95. The summed E-state index contributed by atoms with van der Waals surface area (Å²) in [4.78, 5) is 15.4. The Kier molecular flexibility index (Phi) is 4.50. The van der Waals surface area contributed by atoms with Crippen LogP contribution in [0.5, 0.6) is 11.6 Å². The number of hydrogen-bond donors (Lipinski definition) is 1. The van der Waals surface area contributed by atoms with E-state index in [0.29, 0.717) is 18.8 Å². The van der Waals surface area contributed by atoms with Crippen LogP contribution in [-0.4, -0.2) is 10.9 Å². The molecular formula is C15H16N2O2. The van der Waals surface area contributed by atoms with Crippen LogP contribution in [0.4, 0.5) is 0 Å². The SMILES string of the molecule is CCC(=O)NCc1ccnc(Oc2ccccc2)c1. The largest absolute Gasteiger partial charge is 0.439 e. The van der Waals surface area contributed by atoms with Crippen LogP contribution < -0.4 is 10.1 Å². The van der Waals surface area contributed by atoms with Crippen molar-refractivity contribution in [3.8, 4) is 11.6 Å². The lowest BCUT2D eigenvalue weighted by Crippen LogP contribution is -2.21. The van der Waals surface area contributed by atoms with Gasteiger partial charge in [-0.2, -0.15) is 0 Å².